The summed E-state index contributed by atoms with van der Waals surface area (Å²) >= 11 is 6.64. The Morgan fingerprint density at radius 1 is 0.463 bits per heavy atom. The van der Waals surface area contributed by atoms with E-state index >= 15 is 0 Å². The van der Waals surface area contributed by atoms with Crippen LogP contribution in [-0.4, -0.2) is 4.98 Å². The van der Waals surface area contributed by atoms with E-state index in [4.69, 9.17) is 22.0 Å². The van der Waals surface area contributed by atoms with Gasteiger partial charge in [-0.3, -0.25) is 0 Å². The van der Waals surface area contributed by atoms with Crippen molar-refractivity contribution in [2.45, 2.75) is 4.90 Å². The van der Waals surface area contributed by atoms with Gasteiger partial charge in [-0.05, 0) is 94.0 Å². The van der Waals surface area contributed by atoms with Crippen LogP contribution in [0.2, 0.25) is 0 Å². The Bertz CT molecular complexity index is 2910. The van der Waals surface area contributed by atoms with E-state index in [1.165, 1.54) is 11.1 Å². The van der Waals surface area contributed by atoms with Gasteiger partial charge in [0.1, 0.15) is 16.2 Å². The second kappa shape index (κ2) is 13.5. The predicted molar refractivity (Wildman–Crippen MR) is 231 cm³/mol. The Hall–Kier alpha value is -6.40. The molecule has 256 valence electrons. The first-order valence-electron chi connectivity index (χ1n) is 17.9. The van der Waals surface area contributed by atoms with Crippen molar-refractivity contribution in [2.75, 3.05) is 4.90 Å². The average Bonchev–Trinajstić information content (AvgIpc) is 3.83. The Kier molecular flexibility index (Phi) is 8.09. The number of rotatable bonds is 7. The molecule has 0 amide bonds. The van der Waals surface area contributed by atoms with Crippen LogP contribution in [0.15, 0.2) is 197 Å². The third-order valence-corrected chi connectivity index (χ3v) is 11.5. The molecule has 0 bridgehead atoms. The third-order valence-electron chi connectivity index (χ3n) is 10.0. The molecule has 0 aliphatic carbocycles. The summed E-state index contributed by atoms with van der Waals surface area (Å²) < 4.78 is 7.35. The van der Waals surface area contributed by atoms with Crippen molar-refractivity contribution < 1.29 is 4.42 Å². The van der Waals surface area contributed by atoms with Gasteiger partial charge < -0.3 is 9.32 Å². The molecule has 10 rings (SSSR count). The molecule has 0 aliphatic heterocycles. The summed E-state index contributed by atoms with van der Waals surface area (Å²) in [6.45, 7) is 0. The third kappa shape index (κ3) is 5.84. The van der Waals surface area contributed by atoms with Crippen molar-refractivity contribution in [3.8, 4) is 44.0 Å². The highest BCUT2D eigenvalue weighted by molar-refractivity contribution is 7.80. The number of nitrogens with zero attached hydrogens (tertiary/aromatic N) is 2. The van der Waals surface area contributed by atoms with Crippen molar-refractivity contribution in [1.82, 2.24) is 4.98 Å². The molecule has 0 fully saturated rings. The summed E-state index contributed by atoms with van der Waals surface area (Å²) in [6.07, 6.45) is 0. The fraction of sp³-hybridized carbons (Fsp3) is 0. The van der Waals surface area contributed by atoms with E-state index in [0.29, 0.717) is 0 Å². The number of para-hydroxylation sites is 1. The van der Waals surface area contributed by atoms with Crippen LogP contribution in [0.3, 0.4) is 0 Å². The number of thiol groups is 1. The van der Waals surface area contributed by atoms with Crippen molar-refractivity contribution in [3.05, 3.63) is 188 Å². The van der Waals surface area contributed by atoms with Crippen LogP contribution < -0.4 is 4.90 Å². The summed E-state index contributed by atoms with van der Waals surface area (Å²) in [5.41, 5.74) is 14.0. The lowest BCUT2D eigenvalue weighted by Crippen LogP contribution is -2.09. The lowest BCUT2D eigenvalue weighted by atomic mass is 9.99. The molecule has 0 N–H and O–H groups in total. The molecule has 10 aromatic rings. The highest BCUT2D eigenvalue weighted by Gasteiger charge is 2.17. The SMILES string of the molecule is Sc1cc2nc(-c3ccccc3)sc2cc1-c1ccc(N(c2ccc(-c3ccccc3)cc2)c2ccc(-c3cccc4oc5ccccc5c34)cc2)cc1. The fourth-order valence-electron chi connectivity index (χ4n) is 7.37. The van der Waals surface area contributed by atoms with E-state index in [-0.39, 0.29) is 0 Å². The highest BCUT2D eigenvalue weighted by Crippen LogP contribution is 2.42. The van der Waals surface area contributed by atoms with Gasteiger partial charge in [-0.2, -0.15) is 0 Å². The molecule has 54 heavy (non-hydrogen) atoms. The summed E-state index contributed by atoms with van der Waals surface area (Å²) in [7, 11) is 0. The zero-order valence-electron chi connectivity index (χ0n) is 29.1. The van der Waals surface area contributed by atoms with Crippen molar-refractivity contribution >= 4 is 73.2 Å². The molecule has 0 aliphatic rings. The van der Waals surface area contributed by atoms with E-state index in [1.54, 1.807) is 11.3 Å². The fourth-order valence-corrected chi connectivity index (χ4v) is 8.68. The van der Waals surface area contributed by atoms with Gasteiger partial charge in [0.25, 0.3) is 0 Å². The molecule has 0 unspecified atom stereocenters. The van der Waals surface area contributed by atoms with Crippen LogP contribution in [0.5, 0.6) is 0 Å². The molecule has 2 aromatic heterocycles. The largest absolute Gasteiger partial charge is 0.456 e. The number of hydrogen-bond acceptors (Lipinski definition) is 5. The predicted octanol–water partition coefficient (Wildman–Crippen LogP) is 14.6. The van der Waals surface area contributed by atoms with E-state index in [9.17, 15) is 0 Å². The molecule has 0 spiro atoms. The molecular weight excluding hydrogens is 697 g/mol. The molecule has 0 radical (unpaired) electrons. The first kappa shape index (κ1) is 32.3. The number of fused-ring (bicyclic) bond motifs is 4. The van der Waals surface area contributed by atoms with Gasteiger partial charge in [-0.1, -0.05) is 127 Å². The Morgan fingerprint density at radius 2 is 1.00 bits per heavy atom. The van der Waals surface area contributed by atoms with E-state index in [2.05, 4.69) is 169 Å². The molecule has 5 heteroatoms. The summed E-state index contributed by atoms with van der Waals surface area (Å²) in [5, 5.41) is 3.28. The molecule has 3 nitrogen and oxygen atoms in total. The van der Waals surface area contributed by atoms with Crippen molar-refractivity contribution in [2.24, 2.45) is 0 Å². The molecular formula is C49H32N2OS2. The van der Waals surface area contributed by atoms with E-state index < -0.39 is 0 Å². The summed E-state index contributed by atoms with van der Waals surface area (Å²) in [6, 6.07) is 66.2. The molecule has 8 aromatic carbocycles. The van der Waals surface area contributed by atoms with Gasteiger partial charge in [0.15, 0.2) is 0 Å². The average molecular weight is 729 g/mol. The van der Waals surface area contributed by atoms with Crippen LogP contribution in [-0.2, 0) is 0 Å². The maximum Gasteiger partial charge on any atom is 0.136 e. The van der Waals surface area contributed by atoms with Gasteiger partial charge >= 0.3 is 0 Å². The number of anilines is 3. The number of benzene rings is 8. The van der Waals surface area contributed by atoms with Crippen LogP contribution in [0.25, 0.3) is 76.1 Å². The first-order chi connectivity index (χ1) is 26.7. The normalized spacial score (nSPS) is 11.4. The van der Waals surface area contributed by atoms with Crippen molar-refractivity contribution in [3.63, 3.8) is 0 Å². The van der Waals surface area contributed by atoms with Gasteiger partial charge in [-0.25, -0.2) is 4.98 Å². The second-order valence-electron chi connectivity index (χ2n) is 13.3. The first-order valence-corrected chi connectivity index (χ1v) is 19.2. The lowest BCUT2D eigenvalue weighted by molar-refractivity contribution is 0.669. The number of thiazole rings is 1. The maximum atomic E-state index is 6.21. The minimum atomic E-state index is 0.897. The Morgan fingerprint density at radius 3 is 1.67 bits per heavy atom. The van der Waals surface area contributed by atoms with Crippen LogP contribution >= 0.6 is 24.0 Å². The van der Waals surface area contributed by atoms with Gasteiger partial charge in [-0.15, -0.1) is 24.0 Å². The highest BCUT2D eigenvalue weighted by atomic mass is 32.1. The minimum absolute atomic E-state index is 0.897. The molecule has 0 atom stereocenters. The van der Waals surface area contributed by atoms with Crippen LogP contribution in [0.4, 0.5) is 17.1 Å². The quantitative estimate of drug-likeness (QED) is 0.166. The van der Waals surface area contributed by atoms with E-state index in [1.807, 2.05) is 24.3 Å². The van der Waals surface area contributed by atoms with Gasteiger partial charge in [0, 0.05) is 38.3 Å². The summed E-state index contributed by atoms with van der Waals surface area (Å²) in [5.74, 6) is 0. The minimum Gasteiger partial charge on any atom is -0.456 e. The zero-order valence-corrected chi connectivity index (χ0v) is 30.8. The zero-order chi connectivity index (χ0) is 36.0. The van der Waals surface area contributed by atoms with Crippen LogP contribution in [0.1, 0.15) is 0 Å². The van der Waals surface area contributed by atoms with Gasteiger partial charge in [0.05, 0.1) is 10.2 Å². The lowest BCUT2D eigenvalue weighted by Gasteiger charge is -2.26. The number of furan rings is 1. The number of hydrogen-bond donors (Lipinski definition) is 1. The Balaban J connectivity index is 1.03. The maximum absolute atomic E-state index is 6.21. The summed E-state index contributed by atoms with van der Waals surface area (Å²) in [4.78, 5) is 8.14. The monoisotopic (exact) mass is 728 g/mol. The number of aromatic nitrogens is 1. The smallest absolute Gasteiger partial charge is 0.136 e. The molecule has 0 saturated carbocycles. The Labute approximate surface area is 322 Å². The molecule has 0 saturated heterocycles. The molecule has 2 heterocycles. The van der Waals surface area contributed by atoms with Gasteiger partial charge in [0.2, 0.25) is 0 Å². The van der Waals surface area contributed by atoms with Crippen LogP contribution in [0, 0.1) is 0 Å². The van der Waals surface area contributed by atoms with E-state index in [0.717, 1.165) is 86.9 Å². The standard InChI is InChI=1S/C49H32N2OS2/c53-46-31-43-47(54-49(50-43)36-12-5-2-6-13-36)30-42(46)35-22-28-39(29-23-35)51(37-24-18-33(19-25-37)32-10-3-1-4-11-32)38-26-20-34(21-27-38)40-15-9-17-45-48(40)41-14-7-8-16-44(41)52-45/h1-31,53H. The van der Waals surface area contributed by atoms with Crippen molar-refractivity contribution in [1.29, 1.82) is 0 Å². The topological polar surface area (TPSA) is 29.3 Å². The second-order valence-corrected chi connectivity index (χ2v) is 14.9.